The first-order chi connectivity index (χ1) is 9.25. The summed E-state index contributed by atoms with van der Waals surface area (Å²) in [6.07, 6.45) is 1.01. The number of morpholine rings is 1. The Labute approximate surface area is 122 Å². The van der Waals surface area contributed by atoms with E-state index < -0.39 is 0 Å². The van der Waals surface area contributed by atoms with Crippen LogP contribution in [0.1, 0.15) is 16.8 Å². The Hall–Kier alpha value is -0.910. The summed E-state index contributed by atoms with van der Waals surface area (Å²) in [7, 11) is 0. The molecule has 0 spiro atoms. The maximum absolute atomic E-state index is 11.9. The van der Waals surface area contributed by atoms with E-state index in [1.54, 1.807) is 4.90 Å². The number of carbonyl (C=O) groups excluding carboxylic acids is 1. The first-order valence-corrected chi connectivity index (χ1v) is 7.50. The van der Waals surface area contributed by atoms with Gasteiger partial charge in [0.1, 0.15) is 13.1 Å². The minimum absolute atomic E-state index is 0.00159. The zero-order chi connectivity index (χ0) is 13.5. The van der Waals surface area contributed by atoms with Gasteiger partial charge < -0.3 is 15.0 Å². The van der Waals surface area contributed by atoms with Crippen molar-refractivity contribution in [2.45, 2.75) is 6.42 Å². The highest BCUT2D eigenvalue weighted by Crippen LogP contribution is 2.11. The van der Waals surface area contributed by atoms with Gasteiger partial charge in [0.2, 0.25) is 0 Å². The van der Waals surface area contributed by atoms with Crippen LogP contribution in [-0.2, 0) is 4.74 Å². The molecule has 0 saturated carbocycles. The fourth-order valence-electron chi connectivity index (χ4n) is 2.18. The van der Waals surface area contributed by atoms with Crippen molar-refractivity contribution in [2.75, 3.05) is 39.4 Å². The van der Waals surface area contributed by atoms with Crippen LogP contribution in [0.4, 0.5) is 0 Å². The smallest absolute Gasteiger partial charge is 0.251 e. The molecule has 0 radical (unpaired) electrons. The van der Waals surface area contributed by atoms with Crippen LogP contribution in [-0.4, -0.2) is 45.3 Å². The van der Waals surface area contributed by atoms with E-state index in [2.05, 4.69) is 21.2 Å². The molecule has 1 saturated heterocycles. The lowest BCUT2D eigenvalue weighted by Gasteiger charge is -2.23. The van der Waals surface area contributed by atoms with E-state index in [0.29, 0.717) is 5.56 Å². The largest absolute Gasteiger partial charge is 0.370 e. The minimum Gasteiger partial charge on any atom is -0.370 e. The fraction of sp³-hybridized carbons (Fsp3) is 0.500. The average Bonchev–Trinajstić information content (AvgIpc) is 2.44. The number of nitrogens with one attached hydrogen (secondary N) is 2. The molecule has 1 aromatic carbocycles. The van der Waals surface area contributed by atoms with Gasteiger partial charge in [-0.2, -0.15) is 0 Å². The molecule has 0 atom stereocenters. The molecule has 0 aromatic heterocycles. The number of hydrogen-bond acceptors (Lipinski definition) is 2. The van der Waals surface area contributed by atoms with E-state index in [0.717, 1.165) is 50.3 Å². The van der Waals surface area contributed by atoms with Gasteiger partial charge in [0, 0.05) is 23.0 Å². The standard InChI is InChI=1S/C14H19BrN2O2/c15-13-4-1-3-12(11-13)14(18)16-5-2-6-17-7-9-19-10-8-17/h1,3-4,11H,2,5-10H2,(H,16,18)/p+1. The van der Waals surface area contributed by atoms with Crippen LogP contribution in [0, 0.1) is 0 Å². The molecule has 0 bridgehead atoms. The molecule has 104 valence electrons. The summed E-state index contributed by atoms with van der Waals surface area (Å²) in [4.78, 5) is 13.5. The van der Waals surface area contributed by atoms with Crippen molar-refractivity contribution >= 4 is 21.8 Å². The molecular formula is C14H20BrN2O2+. The third-order valence-corrected chi connectivity index (χ3v) is 3.77. The van der Waals surface area contributed by atoms with Gasteiger partial charge in [0.15, 0.2) is 0 Å². The van der Waals surface area contributed by atoms with Crippen LogP contribution in [0.25, 0.3) is 0 Å². The molecule has 1 aliphatic heterocycles. The van der Waals surface area contributed by atoms with Gasteiger partial charge >= 0.3 is 0 Å². The lowest BCUT2D eigenvalue weighted by molar-refractivity contribution is -0.908. The summed E-state index contributed by atoms with van der Waals surface area (Å²) in [6, 6.07) is 7.45. The molecule has 1 heterocycles. The Morgan fingerprint density at radius 1 is 1.37 bits per heavy atom. The predicted octanol–water partition coefficient (Wildman–Crippen LogP) is 0.484. The Kier molecular flexibility index (Phi) is 5.82. The maximum atomic E-state index is 11.9. The van der Waals surface area contributed by atoms with E-state index in [4.69, 9.17) is 4.74 Å². The zero-order valence-corrected chi connectivity index (χ0v) is 12.5. The van der Waals surface area contributed by atoms with Gasteiger partial charge in [-0.15, -0.1) is 0 Å². The number of halogens is 1. The monoisotopic (exact) mass is 327 g/mol. The predicted molar refractivity (Wildman–Crippen MR) is 77.5 cm³/mol. The normalized spacial score (nSPS) is 16.3. The summed E-state index contributed by atoms with van der Waals surface area (Å²) >= 11 is 3.37. The Bertz CT molecular complexity index is 420. The van der Waals surface area contributed by atoms with Gasteiger partial charge in [0.05, 0.1) is 19.8 Å². The molecule has 1 aliphatic rings. The van der Waals surface area contributed by atoms with E-state index >= 15 is 0 Å². The Balaban J connectivity index is 1.66. The molecule has 0 unspecified atom stereocenters. The van der Waals surface area contributed by atoms with Gasteiger partial charge in [-0.1, -0.05) is 22.0 Å². The van der Waals surface area contributed by atoms with Crippen molar-refractivity contribution in [3.63, 3.8) is 0 Å². The lowest BCUT2D eigenvalue weighted by Crippen LogP contribution is -3.14. The molecule has 2 N–H and O–H groups in total. The average molecular weight is 328 g/mol. The summed E-state index contributed by atoms with van der Waals surface area (Å²) in [5, 5.41) is 2.96. The number of ether oxygens (including phenoxy) is 1. The van der Waals surface area contributed by atoms with Crippen molar-refractivity contribution in [1.29, 1.82) is 0 Å². The first kappa shape index (κ1) is 14.5. The highest BCUT2D eigenvalue weighted by atomic mass is 79.9. The molecule has 1 amide bonds. The SMILES string of the molecule is O=C(NCCC[NH+]1CCOCC1)c1cccc(Br)c1. The molecule has 2 rings (SSSR count). The number of quaternary nitrogens is 1. The second kappa shape index (κ2) is 7.62. The summed E-state index contributed by atoms with van der Waals surface area (Å²) in [5.74, 6) is -0.00159. The molecule has 0 aliphatic carbocycles. The molecule has 4 nitrogen and oxygen atoms in total. The molecular weight excluding hydrogens is 308 g/mol. The van der Waals surface area contributed by atoms with Gasteiger partial charge in [-0.3, -0.25) is 4.79 Å². The van der Waals surface area contributed by atoms with Crippen LogP contribution in [0.15, 0.2) is 28.7 Å². The van der Waals surface area contributed by atoms with Gasteiger partial charge in [-0.25, -0.2) is 0 Å². The Morgan fingerprint density at radius 3 is 2.89 bits per heavy atom. The second-order valence-electron chi connectivity index (χ2n) is 4.73. The second-order valence-corrected chi connectivity index (χ2v) is 5.65. The lowest BCUT2D eigenvalue weighted by atomic mass is 10.2. The van der Waals surface area contributed by atoms with E-state index in [1.807, 2.05) is 24.3 Å². The van der Waals surface area contributed by atoms with E-state index in [1.165, 1.54) is 0 Å². The number of benzene rings is 1. The van der Waals surface area contributed by atoms with Gasteiger partial charge in [-0.05, 0) is 18.2 Å². The maximum Gasteiger partial charge on any atom is 0.251 e. The van der Waals surface area contributed by atoms with Crippen molar-refractivity contribution < 1.29 is 14.4 Å². The van der Waals surface area contributed by atoms with Crippen molar-refractivity contribution in [3.8, 4) is 0 Å². The third kappa shape index (κ3) is 4.93. The molecule has 1 aromatic rings. The van der Waals surface area contributed by atoms with Crippen LogP contribution in [0.5, 0.6) is 0 Å². The van der Waals surface area contributed by atoms with Crippen LogP contribution >= 0.6 is 15.9 Å². The van der Waals surface area contributed by atoms with E-state index in [9.17, 15) is 4.79 Å². The van der Waals surface area contributed by atoms with Crippen LogP contribution in [0.3, 0.4) is 0 Å². The third-order valence-electron chi connectivity index (χ3n) is 3.28. The first-order valence-electron chi connectivity index (χ1n) is 6.71. The molecule has 1 fully saturated rings. The molecule has 5 heteroatoms. The quantitative estimate of drug-likeness (QED) is 0.773. The summed E-state index contributed by atoms with van der Waals surface area (Å²) in [5.41, 5.74) is 0.702. The highest BCUT2D eigenvalue weighted by molar-refractivity contribution is 9.10. The number of amides is 1. The van der Waals surface area contributed by atoms with Crippen molar-refractivity contribution in [3.05, 3.63) is 34.3 Å². The number of hydrogen-bond donors (Lipinski definition) is 2. The summed E-state index contributed by atoms with van der Waals surface area (Å²) < 4.78 is 6.25. The van der Waals surface area contributed by atoms with Gasteiger partial charge in [0.25, 0.3) is 5.91 Å². The van der Waals surface area contributed by atoms with E-state index in [-0.39, 0.29) is 5.91 Å². The van der Waals surface area contributed by atoms with Crippen LogP contribution < -0.4 is 10.2 Å². The van der Waals surface area contributed by atoms with Crippen molar-refractivity contribution in [1.82, 2.24) is 5.32 Å². The zero-order valence-electron chi connectivity index (χ0n) is 11.0. The van der Waals surface area contributed by atoms with Crippen molar-refractivity contribution in [2.24, 2.45) is 0 Å². The molecule has 19 heavy (non-hydrogen) atoms. The fourth-order valence-corrected chi connectivity index (χ4v) is 2.58. The minimum atomic E-state index is -0.00159. The number of carbonyl (C=O) groups is 1. The Morgan fingerprint density at radius 2 is 2.16 bits per heavy atom. The highest BCUT2D eigenvalue weighted by Gasteiger charge is 2.13. The number of rotatable bonds is 5. The topological polar surface area (TPSA) is 42.8 Å². The van der Waals surface area contributed by atoms with Crippen LogP contribution in [0.2, 0.25) is 0 Å². The summed E-state index contributed by atoms with van der Waals surface area (Å²) in [6.45, 7) is 5.72.